The molecule has 0 bridgehead atoms. The van der Waals surface area contributed by atoms with Gasteiger partial charge in [-0.25, -0.2) is 0 Å². The number of rotatable bonds is 5. The number of aryl methyl sites for hydroxylation is 1. The van der Waals surface area contributed by atoms with Gasteiger partial charge < -0.3 is 4.74 Å². The minimum absolute atomic E-state index is 0.585. The van der Waals surface area contributed by atoms with Gasteiger partial charge in [0.05, 0.1) is 6.61 Å². The number of benzene rings is 1. The Morgan fingerprint density at radius 2 is 2.00 bits per heavy atom. The fraction of sp³-hybridized carbons (Fsp3) is 0.500. The van der Waals surface area contributed by atoms with Crippen molar-refractivity contribution in [2.75, 3.05) is 6.61 Å². The molecular formula is C12H17ClO. The van der Waals surface area contributed by atoms with Crippen molar-refractivity contribution in [1.29, 1.82) is 0 Å². The molecule has 0 saturated heterocycles. The fourth-order valence-corrected chi connectivity index (χ4v) is 1.75. The molecule has 1 nitrogen and oxygen atoms in total. The molecule has 0 heterocycles. The molecule has 0 N–H and O–H groups in total. The van der Waals surface area contributed by atoms with E-state index in [0.717, 1.165) is 18.6 Å². The van der Waals surface area contributed by atoms with E-state index in [1.54, 1.807) is 0 Å². The summed E-state index contributed by atoms with van der Waals surface area (Å²) in [6.45, 7) is 4.88. The molecule has 0 aliphatic heterocycles. The summed E-state index contributed by atoms with van der Waals surface area (Å²) in [4.78, 5) is 0. The van der Waals surface area contributed by atoms with Gasteiger partial charge in [-0.15, -0.1) is 11.6 Å². The molecule has 0 amide bonds. The van der Waals surface area contributed by atoms with E-state index in [0.29, 0.717) is 12.5 Å². The molecule has 78 valence electrons. The predicted octanol–water partition coefficient (Wildman–Crippen LogP) is 3.78. The first-order valence-corrected chi connectivity index (χ1v) is 5.65. The molecule has 0 saturated carbocycles. The molecule has 0 unspecified atom stereocenters. The topological polar surface area (TPSA) is 9.23 Å². The van der Waals surface area contributed by atoms with Crippen molar-refractivity contribution in [3.63, 3.8) is 0 Å². The van der Waals surface area contributed by atoms with Crippen molar-refractivity contribution in [3.05, 3.63) is 29.3 Å². The fourth-order valence-electron chi connectivity index (χ4n) is 1.49. The van der Waals surface area contributed by atoms with Gasteiger partial charge in [-0.3, -0.25) is 0 Å². The van der Waals surface area contributed by atoms with Gasteiger partial charge in [0.1, 0.15) is 5.75 Å². The molecule has 0 aliphatic carbocycles. The van der Waals surface area contributed by atoms with Gasteiger partial charge in [0.25, 0.3) is 0 Å². The van der Waals surface area contributed by atoms with E-state index in [1.807, 2.05) is 13.0 Å². The molecule has 1 aromatic rings. The van der Waals surface area contributed by atoms with Gasteiger partial charge in [-0.2, -0.15) is 0 Å². The molecule has 0 radical (unpaired) electrons. The summed E-state index contributed by atoms with van der Waals surface area (Å²) < 4.78 is 5.45. The first-order valence-electron chi connectivity index (χ1n) is 5.12. The molecule has 0 aromatic heterocycles. The number of halogens is 1. The Bertz CT molecular complexity index is 284. The Kier molecular flexibility index (Phi) is 4.81. The van der Waals surface area contributed by atoms with E-state index in [9.17, 15) is 0 Å². The Labute approximate surface area is 91.0 Å². The molecule has 0 atom stereocenters. The lowest BCUT2D eigenvalue weighted by molar-refractivity contribution is 0.340. The number of alkyl halides is 1. The molecular weight excluding hydrogens is 196 g/mol. The van der Waals surface area contributed by atoms with Gasteiger partial charge in [0.15, 0.2) is 0 Å². The third kappa shape index (κ3) is 2.91. The van der Waals surface area contributed by atoms with Gasteiger partial charge in [0, 0.05) is 5.88 Å². The summed E-state index contributed by atoms with van der Waals surface area (Å²) in [5.41, 5.74) is 2.53. The van der Waals surface area contributed by atoms with Gasteiger partial charge in [-0.1, -0.05) is 19.4 Å². The van der Waals surface area contributed by atoms with E-state index in [-0.39, 0.29) is 0 Å². The van der Waals surface area contributed by atoms with Crippen LogP contribution in [0.1, 0.15) is 31.4 Å². The molecule has 0 fully saturated rings. The first kappa shape index (κ1) is 11.4. The number of hydrogen-bond donors (Lipinski definition) is 0. The minimum Gasteiger partial charge on any atom is -0.494 e. The van der Waals surface area contributed by atoms with Gasteiger partial charge >= 0.3 is 0 Å². The zero-order valence-electron chi connectivity index (χ0n) is 8.85. The summed E-state index contributed by atoms with van der Waals surface area (Å²) in [7, 11) is 0. The average molecular weight is 213 g/mol. The standard InChI is InChI=1S/C12H17ClO/c1-3-5-10-8-12(14-4-2)7-6-11(10)9-13/h6-8H,3-5,9H2,1-2H3. The van der Waals surface area contributed by atoms with Crippen LogP contribution in [-0.2, 0) is 12.3 Å². The highest BCUT2D eigenvalue weighted by Crippen LogP contribution is 2.20. The average Bonchev–Trinajstić information content (AvgIpc) is 2.19. The van der Waals surface area contributed by atoms with Crippen LogP contribution >= 0.6 is 11.6 Å². The largest absolute Gasteiger partial charge is 0.494 e. The summed E-state index contributed by atoms with van der Waals surface area (Å²) in [6.07, 6.45) is 2.21. The van der Waals surface area contributed by atoms with Crippen LogP contribution in [0.25, 0.3) is 0 Å². The zero-order valence-corrected chi connectivity index (χ0v) is 9.60. The van der Waals surface area contributed by atoms with Crippen LogP contribution < -0.4 is 4.74 Å². The third-order valence-corrected chi connectivity index (χ3v) is 2.44. The second-order valence-electron chi connectivity index (χ2n) is 3.25. The maximum atomic E-state index is 5.86. The quantitative estimate of drug-likeness (QED) is 0.675. The molecule has 0 aliphatic rings. The van der Waals surface area contributed by atoms with Crippen LogP contribution in [0.2, 0.25) is 0 Å². The number of ether oxygens (including phenoxy) is 1. The van der Waals surface area contributed by atoms with Crippen LogP contribution in [0.15, 0.2) is 18.2 Å². The smallest absolute Gasteiger partial charge is 0.119 e. The molecule has 1 rings (SSSR count). The normalized spacial score (nSPS) is 10.2. The van der Waals surface area contributed by atoms with E-state index < -0.39 is 0 Å². The molecule has 1 aromatic carbocycles. The van der Waals surface area contributed by atoms with Crippen LogP contribution in [0.4, 0.5) is 0 Å². The van der Waals surface area contributed by atoms with Gasteiger partial charge in [0.2, 0.25) is 0 Å². The van der Waals surface area contributed by atoms with E-state index >= 15 is 0 Å². The van der Waals surface area contributed by atoms with Crippen LogP contribution in [0.3, 0.4) is 0 Å². The van der Waals surface area contributed by atoms with E-state index in [1.165, 1.54) is 11.1 Å². The third-order valence-electron chi connectivity index (χ3n) is 2.15. The van der Waals surface area contributed by atoms with E-state index in [2.05, 4.69) is 19.1 Å². The van der Waals surface area contributed by atoms with Crippen molar-refractivity contribution in [2.45, 2.75) is 32.6 Å². The summed E-state index contributed by atoms with van der Waals surface area (Å²) in [5, 5.41) is 0. The van der Waals surface area contributed by atoms with Crippen molar-refractivity contribution in [3.8, 4) is 5.75 Å². The number of hydrogen-bond acceptors (Lipinski definition) is 1. The first-order chi connectivity index (χ1) is 6.81. The maximum absolute atomic E-state index is 5.86. The Morgan fingerprint density at radius 1 is 1.21 bits per heavy atom. The lowest BCUT2D eigenvalue weighted by Crippen LogP contribution is -1.96. The van der Waals surface area contributed by atoms with Crippen molar-refractivity contribution < 1.29 is 4.74 Å². The minimum atomic E-state index is 0.585. The van der Waals surface area contributed by atoms with Gasteiger partial charge in [-0.05, 0) is 36.6 Å². The Morgan fingerprint density at radius 3 is 2.57 bits per heavy atom. The summed E-state index contributed by atoms with van der Waals surface area (Å²) in [5.74, 6) is 1.53. The molecule has 0 spiro atoms. The SMILES string of the molecule is CCCc1cc(OCC)ccc1CCl. The van der Waals surface area contributed by atoms with E-state index in [4.69, 9.17) is 16.3 Å². The van der Waals surface area contributed by atoms with Crippen LogP contribution in [-0.4, -0.2) is 6.61 Å². The highest BCUT2D eigenvalue weighted by atomic mass is 35.5. The second-order valence-corrected chi connectivity index (χ2v) is 3.51. The lowest BCUT2D eigenvalue weighted by atomic mass is 10.0. The monoisotopic (exact) mass is 212 g/mol. The Balaban J connectivity index is 2.88. The van der Waals surface area contributed by atoms with Crippen molar-refractivity contribution in [1.82, 2.24) is 0 Å². The zero-order chi connectivity index (χ0) is 10.4. The molecule has 2 heteroatoms. The highest BCUT2D eigenvalue weighted by molar-refractivity contribution is 6.17. The Hall–Kier alpha value is -0.690. The lowest BCUT2D eigenvalue weighted by Gasteiger charge is -2.09. The highest BCUT2D eigenvalue weighted by Gasteiger charge is 2.02. The molecule has 14 heavy (non-hydrogen) atoms. The summed E-state index contributed by atoms with van der Waals surface area (Å²) in [6, 6.07) is 6.15. The van der Waals surface area contributed by atoms with Crippen molar-refractivity contribution in [2.24, 2.45) is 0 Å². The summed E-state index contributed by atoms with van der Waals surface area (Å²) >= 11 is 5.86. The maximum Gasteiger partial charge on any atom is 0.119 e. The predicted molar refractivity (Wildman–Crippen MR) is 61.2 cm³/mol. The second kappa shape index (κ2) is 5.92. The van der Waals surface area contributed by atoms with Crippen LogP contribution in [0.5, 0.6) is 5.75 Å². The van der Waals surface area contributed by atoms with Crippen molar-refractivity contribution >= 4 is 11.6 Å². The van der Waals surface area contributed by atoms with Crippen LogP contribution in [0, 0.1) is 0 Å².